The number of rotatable bonds is 2. The number of fused-ring (bicyclic) bond motifs is 1. The van der Waals surface area contributed by atoms with E-state index >= 15 is 0 Å². The maximum absolute atomic E-state index is 10.4. The molecular weight excluding hydrogens is 226 g/mol. The van der Waals surface area contributed by atoms with Gasteiger partial charge in [-0.2, -0.15) is 0 Å². The second-order valence-corrected chi connectivity index (χ2v) is 3.20. The highest BCUT2D eigenvalue weighted by atomic mass is 16.7. The fourth-order valence-electron chi connectivity index (χ4n) is 1.52. The topological polar surface area (TPSA) is 88.9 Å². The molecule has 0 aliphatic rings. The molecule has 6 heteroatoms. The molecule has 0 aliphatic carbocycles. The van der Waals surface area contributed by atoms with Crippen LogP contribution in [-0.2, 0) is 0 Å². The van der Waals surface area contributed by atoms with E-state index in [-0.39, 0.29) is 11.6 Å². The van der Waals surface area contributed by atoms with Gasteiger partial charge in [0.25, 0.3) is 5.88 Å². The highest BCUT2D eigenvalue weighted by Gasteiger charge is 2.14. The van der Waals surface area contributed by atoms with Crippen molar-refractivity contribution in [3.63, 3.8) is 0 Å². The summed E-state index contributed by atoms with van der Waals surface area (Å²) < 4.78 is 9.44. The molecule has 2 N–H and O–H groups in total. The number of aromatic hydroxyl groups is 1. The van der Waals surface area contributed by atoms with Gasteiger partial charge in [-0.25, -0.2) is 9.78 Å². The SMILES string of the molecule is COc1cccc2c(O)c(OC(=O)O)ncc12. The molecule has 0 saturated heterocycles. The smallest absolute Gasteiger partial charge is 0.503 e. The molecule has 0 bridgehead atoms. The Balaban J connectivity index is 2.64. The lowest BCUT2D eigenvalue weighted by atomic mass is 10.1. The lowest BCUT2D eigenvalue weighted by Crippen LogP contribution is -2.04. The molecule has 88 valence electrons. The molecular formula is C11H9NO5. The fourth-order valence-corrected chi connectivity index (χ4v) is 1.52. The summed E-state index contributed by atoms with van der Waals surface area (Å²) in [6.07, 6.45) is -0.151. The first-order valence-corrected chi connectivity index (χ1v) is 4.69. The lowest BCUT2D eigenvalue weighted by molar-refractivity contribution is 0.141. The maximum Gasteiger partial charge on any atom is 0.512 e. The molecule has 2 aromatic rings. The minimum Gasteiger partial charge on any atom is -0.503 e. The van der Waals surface area contributed by atoms with Crippen LogP contribution in [-0.4, -0.2) is 28.5 Å². The zero-order valence-electron chi connectivity index (χ0n) is 8.88. The number of hydrogen-bond acceptors (Lipinski definition) is 5. The van der Waals surface area contributed by atoms with Gasteiger partial charge in [0.2, 0.25) is 0 Å². The first-order chi connectivity index (χ1) is 8.13. The molecule has 17 heavy (non-hydrogen) atoms. The van der Waals surface area contributed by atoms with E-state index in [9.17, 15) is 9.90 Å². The molecule has 1 heterocycles. The minimum atomic E-state index is -1.53. The molecule has 1 aromatic carbocycles. The molecule has 0 aliphatic heterocycles. The van der Waals surface area contributed by atoms with Crippen LogP contribution in [0.2, 0.25) is 0 Å². The van der Waals surface area contributed by atoms with Gasteiger partial charge in [0.15, 0.2) is 5.75 Å². The Bertz CT molecular complexity index is 581. The molecule has 0 atom stereocenters. The van der Waals surface area contributed by atoms with Crippen LogP contribution < -0.4 is 9.47 Å². The van der Waals surface area contributed by atoms with E-state index in [1.807, 2.05) is 0 Å². The van der Waals surface area contributed by atoms with Gasteiger partial charge in [0.1, 0.15) is 5.75 Å². The number of benzene rings is 1. The number of carbonyl (C=O) groups is 1. The third-order valence-corrected chi connectivity index (χ3v) is 2.24. The summed E-state index contributed by atoms with van der Waals surface area (Å²) in [5.74, 6) is -0.144. The van der Waals surface area contributed by atoms with Crippen LogP contribution >= 0.6 is 0 Å². The van der Waals surface area contributed by atoms with Crippen molar-refractivity contribution in [1.82, 2.24) is 4.98 Å². The van der Waals surface area contributed by atoms with Crippen LogP contribution in [0.5, 0.6) is 17.4 Å². The number of methoxy groups -OCH3 is 1. The fraction of sp³-hybridized carbons (Fsp3) is 0.0909. The van der Waals surface area contributed by atoms with Gasteiger partial charge in [-0.3, -0.25) is 0 Å². The zero-order chi connectivity index (χ0) is 12.4. The van der Waals surface area contributed by atoms with Gasteiger partial charge in [0.05, 0.1) is 7.11 Å². The van der Waals surface area contributed by atoms with E-state index in [2.05, 4.69) is 9.72 Å². The number of hydrogen-bond donors (Lipinski definition) is 2. The molecule has 2 rings (SSSR count). The average Bonchev–Trinajstić information content (AvgIpc) is 2.31. The largest absolute Gasteiger partial charge is 0.512 e. The standard InChI is InChI=1S/C11H9NO5/c1-16-8-4-2-3-6-7(8)5-12-10(9(6)13)17-11(14)15/h2-5,13H,1H3,(H,14,15). The molecule has 0 spiro atoms. The summed E-state index contributed by atoms with van der Waals surface area (Å²) in [6, 6.07) is 5.00. The van der Waals surface area contributed by atoms with Crippen LogP contribution in [0.25, 0.3) is 10.8 Å². The molecule has 0 fully saturated rings. The van der Waals surface area contributed by atoms with E-state index in [1.165, 1.54) is 13.3 Å². The number of ether oxygens (including phenoxy) is 2. The molecule has 0 saturated carbocycles. The van der Waals surface area contributed by atoms with Crippen molar-refractivity contribution in [3.05, 3.63) is 24.4 Å². The Labute approximate surface area is 96.0 Å². The minimum absolute atomic E-state index is 0.330. The van der Waals surface area contributed by atoms with Gasteiger partial charge >= 0.3 is 6.16 Å². The summed E-state index contributed by atoms with van der Waals surface area (Å²) >= 11 is 0. The van der Waals surface area contributed by atoms with Crippen molar-refractivity contribution in [3.8, 4) is 17.4 Å². The van der Waals surface area contributed by atoms with E-state index in [0.29, 0.717) is 16.5 Å². The van der Waals surface area contributed by atoms with Gasteiger partial charge < -0.3 is 19.7 Å². The Morgan fingerprint density at radius 1 is 1.35 bits per heavy atom. The summed E-state index contributed by atoms with van der Waals surface area (Å²) in [5, 5.41) is 19.3. The number of carboxylic acid groups (broad SMARTS) is 1. The predicted molar refractivity (Wildman–Crippen MR) is 58.6 cm³/mol. The zero-order valence-corrected chi connectivity index (χ0v) is 8.88. The maximum atomic E-state index is 10.4. The number of aromatic nitrogens is 1. The second kappa shape index (κ2) is 4.17. The third-order valence-electron chi connectivity index (χ3n) is 2.24. The van der Waals surface area contributed by atoms with Crippen molar-refractivity contribution in [2.75, 3.05) is 7.11 Å². The van der Waals surface area contributed by atoms with Crippen LogP contribution in [0, 0.1) is 0 Å². The molecule has 0 radical (unpaired) electrons. The monoisotopic (exact) mass is 235 g/mol. The molecule has 1 aromatic heterocycles. The summed E-state index contributed by atoms with van der Waals surface area (Å²) in [7, 11) is 1.49. The first-order valence-electron chi connectivity index (χ1n) is 4.69. The van der Waals surface area contributed by atoms with E-state index in [1.54, 1.807) is 18.2 Å². The predicted octanol–water partition coefficient (Wildman–Crippen LogP) is 2.01. The first kappa shape index (κ1) is 11.0. The van der Waals surface area contributed by atoms with E-state index in [0.717, 1.165) is 0 Å². The summed E-state index contributed by atoms with van der Waals surface area (Å²) in [5.41, 5.74) is 0. The van der Waals surface area contributed by atoms with Crippen LogP contribution in [0.15, 0.2) is 24.4 Å². The molecule has 0 amide bonds. The van der Waals surface area contributed by atoms with Crippen molar-refractivity contribution in [1.29, 1.82) is 0 Å². The summed E-state index contributed by atoms with van der Waals surface area (Å²) in [4.78, 5) is 14.1. The second-order valence-electron chi connectivity index (χ2n) is 3.20. The van der Waals surface area contributed by atoms with E-state index < -0.39 is 6.16 Å². The van der Waals surface area contributed by atoms with Crippen molar-refractivity contribution in [2.45, 2.75) is 0 Å². The average molecular weight is 235 g/mol. The van der Waals surface area contributed by atoms with Crippen LogP contribution in [0.4, 0.5) is 4.79 Å². The van der Waals surface area contributed by atoms with Crippen LogP contribution in [0.1, 0.15) is 0 Å². The van der Waals surface area contributed by atoms with Gasteiger partial charge in [-0.1, -0.05) is 12.1 Å². The number of nitrogens with zero attached hydrogens (tertiary/aromatic N) is 1. The molecule has 6 nitrogen and oxygen atoms in total. The Morgan fingerprint density at radius 2 is 2.12 bits per heavy atom. The van der Waals surface area contributed by atoms with Crippen molar-refractivity contribution in [2.24, 2.45) is 0 Å². The van der Waals surface area contributed by atoms with E-state index in [4.69, 9.17) is 9.84 Å². The Hall–Kier alpha value is -2.50. The van der Waals surface area contributed by atoms with Gasteiger partial charge in [0, 0.05) is 17.0 Å². The number of pyridine rings is 1. The van der Waals surface area contributed by atoms with Gasteiger partial charge in [-0.05, 0) is 6.07 Å². The molecule has 0 unspecified atom stereocenters. The quantitative estimate of drug-likeness (QED) is 0.774. The third kappa shape index (κ3) is 1.92. The Morgan fingerprint density at radius 3 is 2.76 bits per heavy atom. The van der Waals surface area contributed by atoms with Crippen molar-refractivity contribution < 1.29 is 24.5 Å². The summed E-state index contributed by atoms with van der Waals surface area (Å²) in [6.45, 7) is 0. The highest BCUT2D eigenvalue weighted by Crippen LogP contribution is 2.36. The Kier molecular flexibility index (Phi) is 2.70. The lowest BCUT2D eigenvalue weighted by Gasteiger charge is -2.08. The van der Waals surface area contributed by atoms with Crippen LogP contribution in [0.3, 0.4) is 0 Å². The normalized spacial score (nSPS) is 10.2. The van der Waals surface area contributed by atoms with Gasteiger partial charge in [-0.15, -0.1) is 0 Å². The highest BCUT2D eigenvalue weighted by molar-refractivity contribution is 5.93. The van der Waals surface area contributed by atoms with Crippen molar-refractivity contribution >= 4 is 16.9 Å².